The number of nitrogens with one attached hydrogen (secondary N) is 2. The van der Waals surface area contributed by atoms with E-state index in [2.05, 4.69) is 20.4 Å². The summed E-state index contributed by atoms with van der Waals surface area (Å²) in [5, 5.41) is 7.65. The molecule has 0 bridgehead atoms. The number of nitrogens with zero attached hydrogens (tertiary/aromatic N) is 3. The second kappa shape index (κ2) is 3.20. The second-order valence-corrected chi connectivity index (χ2v) is 3.78. The number of aromatic nitrogens is 4. The smallest absolute Gasteiger partial charge is 0.0940 e. The highest BCUT2D eigenvalue weighted by atomic mass is 15.3. The van der Waals surface area contributed by atoms with E-state index in [0.29, 0.717) is 0 Å². The first-order chi connectivity index (χ1) is 7.36. The highest BCUT2D eigenvalue weighted by Crippen LogP contribution is 2.25. The molecule has 3 rings (SSSR count). The van der Waals surface area contributed by atoms with E-state index in [4.69, 9.17) is 0 Å². The maximum atomic E-state index is 4.38. The van der Waals surface area contributed by atoms with Gasteiger partial charge in [0.1, 0.15) is 0 Å². The highest BCUT2D eigenvalue weighted by molar-refractivity contribution is 5.27. The SMILES string of the molecule is Cn1nccc1[C@@H]1NCCc2[nH]cnc21. The summed E-state index contributed by atoms with van der Waals surface area (Å²) in [6.07, 6.45) is 4.60. The zero-order valence-electron chi connectivity index (χ0n) is 8.57. The molecular formula is C10H13N5. The summed E-state index contributed by atoms with van der Waals surface area (Å²) < 4.78 is 1.89. The van der Waals surface area contributed by atoms with Gasteiger partial charge in [0.15, 0.2) is 0 Å². The van der Waals surface area contributed by atoms with Crippen LogP contribution in [0.3, 0.4) is 0 Å². The summed E-state index contributed by atoms with van der Waals surface area (Å²) in [6, 6.07) is 2.20. The second-order valence-electron chi connectivity index (χ2n) is 3.78. The van der Waals surface area contributed by atoms with Crippen molar-refractivity contribution in [2.75, 3.05) is 6.54 Å². The minimum Gasteiger partial charge on any atom is -0.348 e. The van der Waals surface area contributed by atoms with Crippen molar-refractivity contribution in [3.63, 3.8) is 0 Å². The molecule has 1 atom stereocenters. The molecule has 0 aromatic carbocycles. The molecule has 0 aliphatic carbocycles. The van der Waals surface area contributed by atoms with Gasteiger partial charge in [-0.3, -0.25) is 4.68 Å². The molecule has 0 spiro atoms. The summed E-state index contributed by atoms with van der Waals surface area (Å²) in [4.78, 5) is 7.56. The zero-order valence-corrected chi connectivity index (χ0v) is 8.57. The lowest BCUT2D eigenvalue weighted by atomic mass is 10.0. The predicted octanol–water partition coefficient (Wildman–Crippen LogP) is 0.378. The minimum atomic E-state index is 0.174. The lowest BCUT2D eigenvalue weighted by molar-refractivity contribution is 0.518. The summed E-state index contributed by atoms with van der Waals surface area (Å²) in [5.74, 6) is 0. The monoisotopic (exact) mass is 203 g/mol. The molecule has 5 nitrogen and oxygen atoms in total. The summed E-state index contributed by atoms with van der Waals surface area (Å²) in [5.41, 5.74) is 3.49. The molecule has 0 saturated heterocycles. The number of H-pyrrole nitrogens is 1. The largest absolute Gasteiger partial charge is 0.348 e. The first-order valence-corrected chi connectivity index (χ1v) is 5.09. The van der Waals surface area contributed by atoms with Crippen molar-refractivity contribution in [1.29, 1.82) is 0 Å². The van der Waals surface area contributed by atoms with Crippen LogP contribution in [0.25, 0.3) is 0 Å². The fraction of sp³-hybridized carbons (Fsp3) is 0.400. The average Bonchev–Trinajstić information content (AvgIpc) is 2.85. The molecule has 3 heterocycles. The van der Waals surface area contributed by atoms with Crippen molar-refractivity contribution < 1.29 is 0 Å². The number of fused-ring (bicyclic) bond motifs is 1. The number of hydrogen-bond donors (Lipinski definition) is 2. The van der Waals surface area contributed by atoms with E-state index in [1.54, 1.807) is 6.33 Å². The molecular weight excluding hydrogens is 190 g/mol. The van der Waals surface area contributed by atoms with Crippen LogP contribution in [-0.4, -0.2) is 26.3 Å². The van der Waals surface area contributed by atoms with E-state index < -0.39 is 0 Å². The Morgan fingerprint density at radius 2 is 2.47 bits per heavy atom. The quantitative estimate of drug-likeness (QED) is 0.704. The van der Waals surface area contributed by atoms with Gasteiger partial charge in [-0.1, -0.05) is 0 Å². The zero-order chi connectivity index (χ0) is 10.3. The molecule has 0 fully saturated rings. The van der Waals surface area contributed by atoms with Gasteiger partial charge in [-0.15, -0.1) is 0 Å². The predicted molar refractivity (Wildman–Crippen MR) is 55.3 cm³/mol. The van der Waals surface area contributed by atoms with Crippen LogP contribution in [0.2, 0.25) is 0 Å². The molecule has 1 aliphatic heterocycles. The Bertz CT molecular complexity index is 470. The Hall–Kier alpha value is -1.62. The van der Waals surface area contributed by atoms with Crippen LogP contribution in [-0.2, 0) is 13.5 Å². The molecule has 0 unspecified atom stereocenters. The summed E-state index contributed by atoms with van der Waals surface area (Å²) in [7, 11) is 1.96. The van der Waals surface area contributed by atoms with E-state index in [1.807, 2.05) is 24.0 Å². The van der Waals surface area contributed by atoms with Gasteiger partial charge >= 0.3 is 0 Å². The van der Waals surface area contributed by atoms with Gasteiger partial charge in [0.05, 0.1) is 23.8 Å². The van der Waals surface area contributed by atoms with E-state index >= 15 is 0 Å². The molecule has 78 valence electrons. The van der Waals surface area contributed by atoms with Crippen molar-refractivity contribution in [2.24, 2.45) is 7.05 Å². The first kappa shape index (κ1) is 8.67. The topological polar surface area (TPSA) is 58.5 Å². The van der Waals surface area contributed by atoms with Gasteiger partial charge in [-0.2, -0.15) is 5.10 Å². The third-order valence-corrected chi connectivity index (χ3v) is 2.90. The van der Waals surface area contributed by atoms with Gasteiger partial charge in [0.25, 0.3) is 0 Å². The Balaban J connectivity index is 2.07. The average molecular weight is 203 g/mol. The Morgan fingerprint density at radius 1 is 1.53 bits per heavy atom. The molecule has 5 heteroatoms. The number of aryl methyl sites for hydroxylation is 1. The molecule has 1 aliphatic rings. The minimum absolute atomic E-state index is 0.174. The van der Waals surface area contributed by atoms with E-state index in [-0.39, 0.29) is 6.04 Å². The highest BCUT2D eigenvalue weighted by Gasteiger charge is 2.25. The van der Waals surface area contributed by atoms with Gasteiger partial charge in [0.2, 0.25) is 0 Å². The van der Waals surface area contributed by atoms with E-state index in [1.165, 1.54) is 5.69 Å². The number of hydrogen-bond acceptors (Lipinski definition) is 3. The molecule has 0 saturated carbocycles. The number of rotatable bonds is 1. The molecule has 2 aromatic heterocycles. The first-order valence-electron chi connectivity index (χ1n) is 5.09. The van der Waals surface area contributed by atoms with Crippen molar-refractivity contribution in [2.45, 2.75) is 12.5 Å². The summed E-state index contributed by atoms with van der Waals surface area (Å²) >= 11 is 0. The third kappa shape index (κ3) is 1.27. The summed E-state index contributed by atoms with van der Waals surface area (Å²) in [6.45, 7) is 0.977. The Labute approximate surface area is 87.5 Å². The molecule has 0 amide bonds. The van der Waals surface area contributed by atoms with Crippen molar-refractivity contribution in [1.82, 2.24) is 25.1 Å². The fourth-order valence-electron chi connectivity index (χ4n) is 2.13. The van der Waals surface area contributed by atoms with Crippen molar-refractivity contribution in [3.8, 4) is 0 Å². The normalized spacial score (nSPS) is 20.2. The van der Waals surface area contributed by atoms with E-state index in [0.717, 1.165) is 24.4 Å². The van der Waals surface area contributed by atoms with Gasteiger partial charge in [-0.05, 0) is 6.07 Å². The lowest BCUT2D eigenvalue weighted by Gasteiger charge is -2.22. The number of aromatic amines is 1. The van der Waals surface area contributed by atoms with Crippen molar-refractivity contribution >= 4 is 0 Å². The van der Waals surface area contributed by atoms with Crippen LogP contribution >= 0.6 is 0 Å². The van der Waals surface area contributed by atoms with Crippen LogP contribution in [0.4, 0.5) is 0 Å². The van der Waals surface area contributed by atoms with E-state index in [9.17, 15) is 0 Å². The third-order valence-electron chi connectivity index (χ3n) is 2.90. The maximum absolute atomic E-state index is 4.38. The molecule has 2 N–H and O–H groups in total. The molecule has 0 radical (unpaired) electrons. The Kier molecular flexibility index (Phi) is 1.85. The fourth-order valence-corrected chi connectivity index (χ4v) is 2.13. The standard InChI is InChI=1S/C10H13N5/c1-15-8(3-5-14-15)10-9-7(2-4-11-10)12-6-13-9/h3,5-6,10-11H,2,4H2,1H3,(H,12,13)/t10-/m0/s1. The van der Waals surface area contributed by atoms with Crippen molar-refractivity contribution in [3.05, 3.63) is 35.7 Å². The lowest BCUT2D eigenvalue weighted by Crippen LogP contribution is -2.32. The molecule has 15 heavy (non-hydrogen) atoms. The van der Waals surface area contributed by atoms with Crippen LogP contribution in [0.15, 0.2) is 18.6 Å². The van der Waals surface area contributed by atoms with Crippen LogP contribution in [0.1, 0.15) is 23.1 Å². The number of imidazole rings is 1. The maximum Gasteiger partial charge on any atom is 0.0940 e. The van der Waals surface area contributed by atoms with Gasteiger partial charge in [-0.25, -0.2) is 4.98 Å². The molecule has 2 aromatic rings. The Morgan fingerprint density at radius 3 is 3.27 bits per heavy atom. The van der Waals surface area contributed by atoms with Gasteiger partial charge in [0, 0.05) is 31.9 Å². The van der Waals surface area contributed by atoms with Crippen LogP contribution in [0, 0.1) is 0 Å². The van der Waals surface area contributed by atoms with Crippen LogP contribution in [0.5, 0.6) is 0 Å². The van der Waals surface area contributed by atoms with Crippen LogP contribution < -0.4 is 5.32 Å². The van der Waals surface area contributed by atoms with Gasteiger partial charge < -0.3 is 10.3 Å².